The van der Waals surface area contributed by atoms with Crippen molar-refractivity contribution in [1.29, 1.82) is 0 Å². The molecule has 134 valence electrons. The van der Waals surface area contributed by atoms with Crippen molar-refractivity contribution in [2.24, 2.45) is 0 Å². The molecule has 3 aromatic rings. The number of carbonyl (C=O) groups excluding carboxylic acids is 1. The molecule has 0 aliphatic carbocycles. The minimum atomic E-state index is -3.83. The SMILES string of the molecule is CC(=O)c1cccc(NS(=O)(=O)c2cc(-c3cnc(C)o3)ccc2C)c1. The number of sulfonamides is 1. The van der Waals surface area contributed by atoms with E-state index in [0.29, 0.717) is 34.0 Å². The van der Waals surface area contributed by atoms with E-state index in [9.17, 15) is 13.2 Å². The zero-order valence-electron chi connectivity index (χ0n) is 14.6. The lowest BCUT2D eigenvalue weighted by Gasteiger charge is -2.12. The predicted octanol–water partition coefficient (Wildman–Crippen LogP) is 3.96. The fraction of sp³-hybridized carbons (Fsp3) is 0.158. The van der Waals surface area contributed by atoms with Gasteiger partial charge in [0.1, 0.15) is 0 Å². The fourth-order valence-corrected chi connectivity index (χ4v) is 3.87. The van der Waals surface area contributed by atoms with Gasteiger partial charge in [0.05, 0.1) is 11.1 Å². The summed E-state index contributed by atoms with van der Waals surface area (Å²) in [5.74, 6) is 0.867. The van der Waals surface area contributed by atoms with Crippen LogP contribution in [0.3, 0.4) is 0 Å². The summed E-state index contributed by atoms with van der Waals surface area (Å²) in [7, 11) is -3.83. The number of benzene rings is 2. The Labute approximate surface area is 151 Å². The third kappa shape index (κ3) is 3.67. The largest absolute Gasteiger partial charge is 0.441 e. The lowest BCUT2D eigenvalue weighted by atomic mass is 10.1. The topological polar surface area (TPSA) is 89.3 Å². The van der Waals surface area contributed by atoms with Gasteiger partial charge in [-0.2, -0.15) is 0 Å². The zero-order valence-corrected chi connectivity index (χ0v) is 15.4. The van der Waals surface area contributed by atoms with Gasteiger partial charge in [-0.1, -0.05) is 24.3 Å². The van der Waals surface area contributed by atoms with E-state index in [4.69, 9.17) is 4.42 Å². The average molecular weight is 370 g/mol. The molecule has 0 radical (unpaired) electrons. The Morgan fingerprint density at radius 1 is 1.12 bits per heavy atom. The Balaban J connectivity index is 1.99. The normalized spacial score (nSPS) is 11.3. The summed E-state index contributed by atoms with van der Waals surface area (Å²) in [6.07, 6.45) is 1.56. The first kappa shape index (κ1) is 17.9. The van der Waals surface area contributed by atoms with Crippen molar-refractivity contribution in [3.63, 3.8) is 0 Å². The Hall–Kier alpha value is -2.93. The van der Waals surface area contributed by atoms with Crippen molar-refractivity contribution in [3.8, 4) is 11.3 Å². The highest BCUT2D eigenvalue weighted by molar-refractivity contribution is 7.92. The van der Waals surface area contributed by atoms with Crippen molar-refractivity contribution in [2.45, 2.75) is 25.7 Å². The van der Waals surface area contributed by atoms with Crippen molar-refractivity contribution in [1.82, 2.24) is 4.98 Å². The average Bonchev–Trinajstić information content (AvgIpc) is 3.01. The molecule has 3 rings (SSSR count). The number of ketones is 1. The summed E-state index contributed by atoms with van der Waals surface area (Å²) in [4.78, 5) is 15.7. The smallest absolute Gasteiger partial charge is 0.262 e. The molecule has 1 N–H and O–H groups in total. The highest BCUT2D eigenvalue weighted by Gasteiger charge is 2.19. The van der Waals surface area contributed by atoms with E-state index >= 15 is 0 Å². The van der Waals surface area contributed by atoms with Gasteiger partial charge in [0.25, 0.3) is 10.0 Å². The molecule has 6 nitrogen and oxygen atoms in total. The fourth-order valence-electron chi connectivity index (χ4n) is 2.55. The minimum absolute atomic E-state index is 0.134. The molecule has 0 atom stereocenters. The summed E-state index contributed by atoms with van der Waals surface area (Å²) in [6, 6.07) is 11.4. The lowest BCUT2D eigenvalue weighted by Crippen LogP contribution is -2.14. The maximum absolute atomic E-state index is 12.9. The molecule has 2 aromatic carbocycles. The van der Waals surface area contributed by atoms with Gasteiger partial charge in [0.15, 0.2) is 17.4 Å². The maximum Gasteiger partial charge on any atom is 0.262 e. The second-order valence-corrected chi connectivity index (χ2v) is 7.62. The van der Waals surface area contributed by atoms with Gasteiger partial charge in [0.2, 0.25) is 0 Å². The Kier molecular flexibility index (Phi) is 4.65. The summed E-state index contributed by atoms with van der Waals surface area (Å²) in [5.41, 5.74) is 1.99. The number of nitrogens with zero attached hydrogens (tertiary/aromatic N) is 1. The van der Waals surface area contributed by atoms with Gasteiger partial charge in [-0.15, -0.1) is 0 Å². The number of carbonyl (C=O) groups is 1. The number of rotatable bonds is 5. The molecule has 0 bridgehead atoms. The van der Waals surface area contributed by atoms with E-state index in [1.54, 1.807) is 56.4 Å². The van der Waals surface area contributed by atoms with Crippen molar-refractivity contribution in [2.75, 3.05) is 4.72 Å². The summed E-state index contributed by atoms with van der Waals surface area (Å²) >= 11 is 0. The van der Waals surface area contributed by atoms with Gasteiger partial charge >= 0.3 is 0 Å². The number of oxazole rings is 1. The number of nitrogens with one attached hydrogen (secondary N) is 1. The molecule has 0 spiro atoms. The van der Waals surface area contributed by atoms with E-state index in [0.717, 1.165) is 0 Å². The van der Waals surface area contributed by atoms with Gasteiger partial charge in [0, 0.05) is 23.7 Å². The molecule has 7 heteroatoms. The molecule has 0 amide bonds. The molecule has 0 aliphatic rings. The van der Waals surface area contributed by atoms with E-state index in [-0.39, 0.29) is 10.7 Å². The summed E-state index contributed by atoms with van der Waals surface area (Å²) in [5, 5.41) is 0. The van der Waals surface area contributed by atoms with Crippen LogP contribution in [0.25, 0.3) is 11.3 Å². The quantitative estimate of drug-likeness (QED) is 0.687. The Morgan fingerprint density at radius 2 is 1.88 bits per heavy atom. The number of aryl methyl sites for hydroxylation is 2. The van der Waals surface area contributed by atoms with E-state index < -0.39 is 10.0 Å². The van der Waals surface area contributed by atoms with Gasteiger partial charge in [-0.3, -0.25) is 9.52 Å². The molecule has 0 aliphatic heterocycles. The van der Waals surface area contributed by atoms with Crippen LogP contribution < -0.4 is 4.72 Å². The van der Waals surface area contributed by atoms with Crippen molar-refractivity contribution < 1.29 is 17.6 Å². The molecular weight excluding hydrogens is 352 g/mol. The molecular formula is C19H18N2O4S. The second kappa shape index (κ2) is 6.76. The minimum Gasteiger partial charge on any atom is -0.441 e. The van der Waals surface area contributed by atoms with Crippen LogP contribution in [0.15, 0.2) is 58.0 Å². The molecule has 26 heavy (non-hydrogen) atoms. The van der Waals surface area contributed by atoms with Crippen LogP contribution in [0.2, 0.25) is 0 Å². The zero-order chi connectivity index (χ0) is 18.9. The number of hydrogen-bond acceptors (Lipinski definition) is 5. The third-order valence-electron chi connectivity index (χ3n) is 3.90. The van der Waals surface area contributed by atoms with Crippen LogP contribution in [-0.4, -0.2) is 19.2 Å². The van der Waals surface area contributed by atoms with Crippen LogP contribution in [0, 0.1) is 13.8 Å². The molecule has 1 heterocycles. The van der Waals surface area contributed by atoms with E-state index in [2.05, 4.69) is 9.71 Å². The third-order valence-corrected chi connectivity index (χ3v) is 5.43. The highest BCUT2D eigenvalue weighted by atomic mass is 32.2. The lowest BCUT2D eigenvalue weighted by molar-refractivity contribution is 0.101. The van der Waals surface area contributed by atoms with Crippen LogP contribution in [-0.2, 0) is 10.0 Å². The van der Waals surface area contributed by atoms with Crippen LogP contribution in [0.5, 0.6) is 0 Å². The second-order valence-electron chi connectivity index (χ2n) is 5.97. The number of Topliss-reactive ketones (excluding diaryl/α,β-unsaturated/α-hetero) is 1. The summed E-state index contributed by atoms with van der Waals surface area (Å²) in [6.45, 7) is 4.87. The first-order valence-electron chi connectivity index (χ1n) is 7.93. The Bertz CT molecular complexity index is 1080. The number of anilines is 1. The maximum atomic E-state index is 12.9. The monoisotopic (exact) mass is 370 g/mol. The standard InChI is InChI=1S/C19H18N2O4S/c1-12-7-8-16(18-11-20-14(3)25-18)10-19(12)26(23,24)21-17-6-4-5-15(9-17)13(2)22/h4-11,21H,1-3H3. The van der Waals surface area contributed by atoms with E-state index in [1.165, 1.54) is 13.0 Å². The highest BCUT2D eigenvalue weighted by Crippen LogP contribution is 2.27. The Morgan fingerprint density at radius 3 is 2.54 bits per heavy atom. The molecule has 0 unspecified atom stereocenters. The van der Waals surface area contributed by atoms with Crippen LogP contribution >= 0.6 is 0 Å². The number of hydrogen-bond donors (Lipinski definition) is 1. The van der Waals surface area contributed by atoms with Gasteiger partial charge < -0.3 is 4.42 Å². The van der Waals surface area contributed by atoms with Gasteiger partial charge in [-0.05, 0) is 37.6 Å². The molecule has 1 aromatic heterocycles. The first-order chi connectivity index (χ1) is 12.3. The van der Waals surface area contributed by atoms with Gasteiger partial charge in [-0.25, -0.2) is 13.4 Å². The van der Waals surface area contributed by atoms with Crippen molar-refractivity contribution >= 4 is 21.5 Å². The summed E-state index contributed by atoms with van der Waals surface area (Å²) < 4.78 is 33.7. The first-order valence-corrected chi connectivity index (χ1v) is 9.42. The number of aromatic nitrogens is 1. The molecule has 0 fully saturated rings. The van der Waals surface area contributed by atoms with E-state index in [1.807, 2.05) is 0 Å². The van der Waals surface area contributed by atoms with Crippen LogP contribution in [0.1, 0.15) is 28.7 Å². The molecule has 0 saturated carbocycles. The predicted molar refractivity (Wildman–Crippen MR) is 98.7 cm³/mol. The van der Waals surface area contributed by atoms with Crippen molar-refractivity contribution in [3.05, 3.63) is 65.7 Å². The van der Waals surface area contributed by atoms with Crippen LogP contribution in [0.4, 0.5) is 5.69 Å². The molecule has 0 saturated heterocycles.